The first kappa shape index (κ1) is 16.2. The molecule has 0 fully saturated rings. The van der Waals surface area contributed by atoms with Gasteiger partial charge in [0.2, 0.25) is 0 Å². The third-order valence-electron chi connectivity index (χ3n) is 3.71. The molecule has 0 aliphatic rings. The van der Waals surface area contributed by atoms with Crippen molar-refractivity contribution in [3.63, 3.8) is 0 Å². The summed E-state index contributed by atoms with van der Waals surface area (Å²) in [6.07, 6.45) is 2.38. The van der Waals surface area contributed by atoms with Gasteiger partial charge in [0.25, 0.3) is 0 Å². The molecular formula is C17H29NP+. The van der Waals surface area contributed by atoms with Gasteiger partial charge in [0.05, 0.1) is 5.66 Å². The summed E-state index contributed by atoms with van der Waals surface area (Å²) in [7, 11) is -0.813. The number of aryl methyl sites for hydroxylation is 3. The summed E-state index contributed by atoms with van der Waals surface area (Å²) >= 11 is 0. The highest BCUT2D eigenvalue weighted by molar-refractivity contribution is 7.74. The van der Waals surface area contributed by atoms with Crippen LogP contribution in [0.2, 0.25) is 0 Å². The summed E-state index contributed by atoms with van der Waals surface area (Å²) < 4.78 is 0. The molecule has 1 rings (SSSR count). The number of allylic oxidation sites excluding steroid dienone is 2. The minimum absolute atomic E-state index is 0.658. The molecule has 1 aromatic rings. The van der Waals surface area contributed by atoms with E-state index in [-0.39, 0.29) is 0 Å². The van der Waals surface area contributed by atoms with Crippen molar-refractivity contribution in [3.05, 3.63) is 40.6 Å². The predicted octanol–water partition coefficient (Wildman–Crippen LogP) is 5.22. The third kappa shape index (κ3) is 4.66. The van der Waals surface area contributed by atoms with Gasteiger partial charge < -0.3 is 5.32 Å². The molecule has 1 unspecified atom stereocenters. The van der Waals surface area contributed by atoms with Crippen molar-refractivity contribution in [2.75, 3.05) is 25.3 Å². The third-order valence-corrected chi connectivity index (χ3v) is 6.30. The van der Waals surface area contributed by atoms with Crippen LogP contribution in [-0.4, -0.2) is 25.7 Å². The van der Waals surface area contributed by atoms with E-state index in [0.717, 1.165) is 0 Å². The monoisotopic (exact) mass is 278 g/mol. The number of benzene rings is 1. The van der Waals surface area contributed by atoms with Gasteiger partial charge in [-0.15, -0.1) is 0 Å². The van der Waals surface area contributed by atoms with Gasteiger partial charge in [-0.25, -0.2) is 0 Å². The van der Waals surface area contributed by atoms with Crippen LogP contribution in [0, 0.1) is 20.8 Å². The van der Waals surface area contributed by atoms with E-state index in [0.29, 0.717) is 5.66 Å². The van der Waals surface area contributed by atoms with E-state index >= 15 is 0 Å². The SMILES string of the molecule is C/C(=C\C(C)[P+](C)(C)C)Nc1c(C)cc(C)cc1C. The van der Waals surface area contributed by atoms with Crippen LogP contribution < -0.4 is 5.32 Å². The zero-order valence-corrected chi connectivity index (χ0v) is 14.7. The molecule has 0 spiro atoms. The molecule has 1 atom stereocenters. The Morgan fingerprint density at radius 2 is 1.58 bits per heavy atom. The highest BCUT2D eigenvalue weighted by atomic mass is 31.2. The van der Waals surface area contributed by atoms with Crippen LogP contribution in [0.1, 0.15) is 30.5 Å². The fourth-order valence-electron chi connectivity index (χ4n) is 2.20. The van der Waals surface area contributed by atoms with Gasteiger partial charge in [0, 0.05) is 38.6 Å². The first-order valence-electron chi connectivity index (χ1n) is 6.95. The first-order chi connectivity index (χ1) is 8.61. The van der Waals surface area contributed by atoms with Crippen molar-refractivity contribution in [2.45, 2.75) is 40.3 Å². The molecule has 0 bridgehead atoms. The van der Waals surface area contributed by atoms with E-state index < -0.39 is 7.26 Å². The molecule has 0 saturated carbocycles. The van der Waals surface area contributed by atoms with Gasteiger partial charge in [0.1, 0.15) is 0 Å². The zero-order chi connectivity index (χ0) is 14.8. The lowest BCUT2D eigenvalue weighted by Gasteiger charge is -2.20. The molecule has 0 radical (unpaired) electrons. The summed E-state index contributed by atoms with van der Waals surface area (Å²) in [6.45, 7) is 18.2. The highest BCUT2D eigenvalue weighted by Gasteiger charge is 2.24. The number of hydrogen-bond donors (Lipinski definition) is 1. The molecule has 0 amide bonds. The summed E-state index contributed by atoms with van der Waals surface area (Å²) in [6, 6.07) is 4.48. The molecule has 106 valence electrons. The molecule has 0 heterocycles. The number of nitrogens with one attached hydrogen (secondary N) is 1. The normalized spacial score (nSPS) is 14.4. The van der Waals surface area contributed by atoms with E-state index in [2.05, 4.69) is 78.1 Å². The molecule has 0 aromatic heterocycles. The lowest BCUT2D eigenvalue weighted by atomic mass is 10.0. The summed E-state index contributed by atoms with van der Waals surface area (Å²) in [5.41, 5.74) is 7.16. The van der Waals surface area contributed by atoms with Gasteiger partial charge in [0.15, 0.2) is 0 Å². The van der Waals surface area contributed by atoms with Crippen LogP contribution in [0.5, 0.6) is 0 Å². The Labute approximate surface area is 119 Å². The summed E-state index contributed by atoms with van der Waals surface area (Å²) in [4.78, 5) is 0. The second-order valence-corrected chi connectivity index (χ2v) is 11.7. The van der Waals surface area contributed by atoms with Gasteiger partial charge >= 0.3 is 0 Å². The van der Waals surface area contributed by atoms with E-state index in [9.17, 15) is 0 Å². The lowest BCUT2D eigenvalue weighted by Crippen LogP contribution is -2.08. The first-order valence-corrected chi connectivity index (χ1v) is 10.2. The maximum Gasteiger partial charge on any atom is 0.0859 e. The van der Waals surface area contributed by atoms with Crippen molar-refractivity contribution >= 4 is 12.9 Å². The maximum atomic E-state index is 3.59. The summed E-state index contributed by atoms with van der Waals surface area (Å²) in [5, 5.41) is 3.59. The topological polar surface area (TPSA) is 12.0 Å². The second kappa shape index (κ2) is 6.09. The highest BCUT2D eigenvalue weighted by Crippen LogP contribution is 2.52. The van der Waals surface area contributed by atoms with Gasteiger partial charge in [-0.3, -0.25) is 0 Å². The number of anilines is 1. The predicted molar refractivity (Wildman–Crippen MR) is 92.2 cm³/mol. The molecule has 1 N–H and O–H groups in total. The van der Waals surface area contributed by atoms with Crippen LogP contribution in [-0.2, 0) is 0 Å². The fourth-order valence-corrected chi connectivity index (χ4v) is 2.87. The molecule has 19 heavy (non-hydrogen) atoms. The average molecular weight is 278 g/mol. The van der Waals surface area contributed by atoms with Gasteiger partial charge in [-0.1, -0.05) is 17.7 Å². The molecule has 0 aliphatic carbocycles. The average Bonchev–Trinajstić information content (AvgIpc) is 2.21. The Morgan fingerprint density at radius 1 is 1.11 bits per heavy atom. The van der Waals surface area contributed by atoms with Crippen LogP contribution in [0.15, 0.2) is 23.9 Å². The van der Waals surface area contributed by atoms with Gasteiger partial charge in [-0.2, -0.15) is 0 Å². The smallest absolute Gasteiger partial charge is 0.0859 e. The largest absolute Gasteiger partial charge is 0.359 e. The van der Waals surface area contributed by atoms with Crippen LogP contribution in [0.3, 0.4) is 0 Å². The fraction of sp³-hybridized carbons (Fsp3) is 0.529. The van der Waals surface area contributed by atoms with E-state index in [1.54, 1.807) is 0 Å². The zero-order valence-electron chi connectivity index (χ0n) is 13.8. The molecule has 1 aromatic carbocycles. The summed E-state index contributed by atoms with van der Waals surface area (Å²) in [5.74, 6) is 0. The van der Waals surface area contributed by atoms with Crippen molar-refractivity contribution in [1.82, 2.24) is 0 Å². The Hall–Kier alpha value is -0.810. The van der Waals surface area contributed by atoms with Crippen LogP contribution >= 0.6 is 7.26 Å². The minimum Gasteiger partial charge on any atom is -0.359 e. The van der Waals surface area contributed by atoms with Crippen molar-refractivity contribution in [3.8, 4) is 0 Å². The van der Waals surface area contributed by atoms with Crippen LogP contribution in [0.4, 0.5) is 5.69 Å². The lowest BCUT2D eigenvalue weighted by molar-refractivity contribution is 1.16. The quantitative estimate of drug-likeness (QED) is 0.744. The van der Waals surface area contributed by atoms with Gasteiger partial charge in [-0.05, 0) is 51.8 Å². The Bertz CT molecular complexity index is 458. The number of hydrogen-bond acceptors (Lipinski definition) is 1. The number of rotatable bonds is 4. The minimum atomic E-state index is -0.813. The van der Waals surface area contributed by atoms with Crippen molar-refractivity contribution in [1.29, 1.82) is 0 Å². The standard InChI is InChI=1S/C17H29NP/c1-12-9-13(2)17(14(3)10-12)18-15(4)11-16(5)19(6,7)8/h9-11,16,18H,1-8H3/q+1/b15-11+. The molecule has 0 aliphatic heterocycles. The van der Waals surface area contributed by atoms with Crippen molar-refractivity contribution < 1.29 is 0 Å². The van der Waals surface area contributed by atoms with E-state index in [1.165, 1.54) is 28.1 Å². The van der Waals surface area contributed by atoms with Crippen LogP contribution in [0.25, 0.3) is 0 Å². The Morgan fingerprint density at radius 3 is 2.00 bits per heavy atom. The molecule has 1 nitrogen and oxygen atoms in total. The Balaban J connectivity index is 2.95. The van der Waals surface area contributed by atoms with E-state index in [4.69, 9.17) is 0 Å². The molecule has 0 saturated heterocycles. The second-order valence-electron chi connectivity index (χ2n) is 6.61. The Kier molecular flexibility index (Phi) is 5.21. The van der Waals surface area contributed by atoms with E-state index in [1.807, 2.05) is 0 Å². The molecule has 2 heteroatoms. The van der Waals surface area contributed by atoms with Crippen molar-refractivity contribution in [2.24, 2.45) is 0 Å². The maximum absolute atomic E-state index is 3.59. The molecular weight excluding hydrogens is 249 g/mol.